The summed E-state index contributed by atoms with van der Waals surface area (Å²) in [6, 6.07) is 0.181. The lowest BCUT2D eigenvalue weighted by Crippen LogP contribution is -2.04. The van der Waals surface area contributed by atoms with E-state index in [9.17, 15) is 17.6 Å². The van der Waals surface area contributed by atoms with Crippen molar-refractivity contribution in [3.63, 3.8) is 0 Å². The van der Waals surface area contributed by atoms with Gasteiger partial charge in [0.15, 0.2) is 23.3 Å². The van der Waals surface area contributed by atoms with Crippen LogP contribution in [0.25, 0.3) is 6.08 Å². The van der Waals surface area contributed by atoms with Crippen molar-refractivity contribution in [2.45, 2.75) is 0 Å². The van der Waals surface area contributed by atoms with Gasteiger partial charge < -0.3 is 5.32 Å². The first kappa shape index (κ1) is 11.7. The second-order valence-corrected chi connectivity index (χ2v) is 2.84. The van der Waals surface area contributed by atoms with Crippen LogP contribution in [0.2, 0.25) is 0 Å². The Morgan fingerprint density at radius 2 is 1.67 bits per heavy atom. The molecular formula is C10H9F4N. The molecule has 0 aromatic heterocycles. The van der Waals surface area contributed by atoms with Crippen molar-refractivity contribution >= 4 is 6.08 Å². The molecular weight excluding hydrogens is 210 g/mol. The van der Waals surface area contributed by atoms with Gasteiger partial charge in [0.1, 0.15) is 0 Å². The van der Waals surface area contributed by atoms with Crippen molar-refractivity contribution in [3.05, 3.63) is 41.0 Å². The summed E-state index contributed by atoms with van der Waals surface area (Å²) in [5.41, 5.74) is -0.706. The lowest BCUT2D eigenvalue weighted by molar-refractivity contribution is 0.451. The zero-order valence-electron chi connectivity index (χ0n) is 7.95. The van der Waals surface area contributed by atoms with E-state index in [4.69, 9.17) is 0 Å². The Morgan fingerprint density at radius 1 is 1.13 bits per heavy atom. The predicted molar refractivity (Wildman–Crippen MR) is 49.2 cm³/mol. The lowest BCUT2D eigenvalue weighted by Gasteiger charge is -2.02. The summed E-state index contributed by atoms with van der Waals surface area (Å²) in [6.45, 7) is 0.344. The predicted octanol–water partition coefficient (Wildman–Crippen LogP) is 2.48. The first-order valence-corrected chi connectivity index (χ1v) is 4.22. The van der Waals surface area contributed by atoms with Crippen LogP contribution in [0.15, 0.2) is 12.1 Å². The maximum absolute atomic E-state index is 13.0. The Kier molecular flexibility index (Phi) is 3.85. The van der Waals surface area contributed by atoms with Gasteiger partial charge in [-0.15, -0.1) is 0 Å². The summed E-state index contributed by atoms with van der Waals surface area (Å²) in [6.07, 6.45) is 2.35. The molecule has 0 saturated carbocycles. The number of halogens is 4. The van der Waals surface area contributed by atoms with E-state index >= 15 is 0 Å². The van der Waals surface area contributed by atoms with Gasteiger partial charge in [0, 0.05) is 12.6 Å². The summed E-state index contributed by atoms with van der Waals surface area (Å²) in [7, 11) is 1.63. The second-order valence-electron chi connectivity index (χ2n) is 2.84. The van der Waals surface area contributed by atoms with Gasteiger partial charge in [0.25, 0.3) is 0 Å². The van der Waals surface area contributed by atoms with Crippen molar-refractivity contribution in [2.24, 2.45) is 0 Å². The molecule has 0 aliphatic heterocycles. The highest BCUT2D eigenvalue weighted by Crippen LogP contribution is 2.20. The van der Waals surface area contributed by atoms with Gasteiger partial charge in [0.05, 0.1) is 5.56 Å². The van der Waals surface area contributed by atoms with Crippen molar-refractivity contribution in [1.82, 2.24) is 5.32 Å². The van der Waals surface area contributed by atoms with E-state index in [0.717, 1.165) is 6.08 Å². The fourth-order valence-electron chi connectivity index (χ4n) is 1.03. The van der Waals surface area contributed by atoms with Crippen molar-refractivity contribution in [2.75, 3.05) is 13.6 Å². The van der Waals surface area contributed by atoms with Gasteiger partial charge in [-0.2, -0.15) is 0 Å². The smallest absolute Gasteiger partial charge is 0.169 e. The molecule has 0 bridgehead atoms. The number of nitrogens with one attached hydrogen (secondary N) is 1. The molecule has 0 aliphatic rings. The first-order chi connectivity index (χ1) is 7.07. The quantitative estimate of drug-likeness (QED) is 0.608. The van der Waals surface area contributed by atoms with Crippen molar-refractivity contribution < 1.29 is 17.6 Å². The average Bonchev–Trinajstić information content (AvgIpc) is 2.20. The number of rotatable bonds is 3. The Bertz CT molecular complexity index is 361. The second kappa shape index (κ2) is 4.93. The zero-order valence-corrected chi connectivity index (χ0v) is 7.95. The molecule has 0 amide bonds. The normalized spacial score (nSPS) is 11.3. The summed E-state index contributed by atoms with van der Waals surface area (Å²) >= 11 is 0. The third-order valence-electron chi connectivity index (χ3n) is 1.75. The number of hydrogen-bond donors (Lipinski definition) is 1. The molecule has 1 nitrogen and oxygen atoms in total. The molecule has 1 aromatic carbocycles. The highest BCUT2D eigenvalue weighted by Gasteiger charge is 2.16. The topological polar surface area (TPSA) is 12.0 Å². The minimum atomic E-state index is -1.40. The van der Waals surface area contributed by atoms with Crippen molar-refractivity contribution in [1.29, 1.82) is 0 Å². The molecule has 15 heavy (non-hydrogen) atoms. The molecule has 0 radical (unpaired) electrons. The van der Waals surface area contributed by atoms with E-state index in [1.165, 1.54) is 6.08 Å². The van der Waals surface area contributed by atoms with E-state index in [1.807, 2.05) is 0 Å². The van der Waals surface area contributed by atoms with Crippen LogP contribution < -0.4 is 5.32 Å². The van der Waals surface area contributed by atoms with Crippen LogP contribution >= 0.6 is 0 Å². The third kappa shape index (κ3) is 2.56. The van der Waals surface area contributed by atoms with E-state index in [-0.39, 0.29) is 6.07 Å². The molecule has 1 aromatic rings. The number of hydrogen-bond acceptors (Lipinski definition) is 1. The van der Waals surface area contributed by atoms with Gasteiger partial charge in [0.2, 0.25) is 0 Å². The fourth-order valence-corrected chi connectivity index (χ4v) is 1.03. The van der Waals surface area contributed by atoms with Gasteiger partial charge in [-0.1, -0.05) is 12.2 Å². The SMILES string of the molecule is CNCC=Cc1c(F)c(F)cc(F)c1F. The number of likely N-dealkylation sites (N-methyl/N-ethyl adjacent to an activating group) is 1. The van der Waals surface area contributed by atoms with Gasteiger partial charge >= 0.3 is 0 Å². The summed E-state index contributed by atoms with van der Waals surface area (Å²) in [4.78, 5) is 0. The van der Waals surface area contributed by atoms with E-state index in [1.54, 1.807) is 7.05 Å². The largest absolute Gasteiger partial charge is 0.316 e. The molecule has 0 unspecified atom stereocenters. The molecule has 0 spiro atoms. The molecule has 0 saturated heterocycles. The minimum Gasteiger partial charge on any atom is -0.316 e. The Hall–Kier alpha value is -1.36. The Morgan fingerprint density at radius 3 is 2.13 bits per heavy atom. The standard InChI is InChI=1S/C10H9F4N/c1-15-4-2-3-6-9(13)7(11)5-8(12)10(6)14/h2-3,5,15H,4H2,1H3. The summed E-state index contributed by atoms with van der Waals surface area (Å²) < 4.78 is 51.4. The zero-order chi connectivity index (χ0) is 11.4. The first-order valence-electron chi connectivity index (χ1n) is 4.22. The molecule has 1 rings (SSSR count). The van der Waals surface area contributed by atoms with Crippen LogP contribution in [0.1, 0.15) is 5.56 Å². The van der Waals surface area contributed by atoms with E-state index in [2.05, 4.69) is 5.32 Å². The summed E-state index contributed by atoms with van der Waals surface area (Å²) in [5.74, 6) is -5.58. The monoisotopic (exact) mass is 219 g/mol. The van der Waals surface area contributed by atoms with Crippen LogP contribution in [-0.4, -0.2) is 13.6 Å². The van der Waals surface area contributed by atoms with Gasteiger partial charge in [-0.3, -0.25) is 0 Å². The molecule has 0 fully saturated rings. The van der Waals surface area contributed by atoms with Gasteiger partial charge in [-0.05, 0) is 7.05 Å². The van der Waals surface area contributed by atoms with Crippen LogP contribution in [-0.2, 0) is 0 Å². The molecule has 0 heterocycles. The van der Waals surface area contributed by atoms with Crippen molar-refractivity contribution in [3.8, 4) is 0 Å². The number of benzene rings is 1. The van der Waals surface area contributed by atoms with Crippen LogP contribution in [0.4, 0.5) is 17.6 Å². The summed E-state index contributed by atoms with van der Waals surface area (Å²) in [5, 5.41) is 2.69. The molecule has 82 valence electrons. The highest BCUT2D eigenvalue weighted by atomic mass is 19.2. The maximum Gasteiger partial charge on any atom is 0.169 e. The van der Waals surface area contributed by atoms with Gasteiger partial charge in [-0.25, -0.2) is 17.6 Å². The molecule has 0 atom stereocenters. The van der Waals surface area contributed by atoms with E-state index in [0.29, 0.717) is 6.54 Å². The van der Waals surface area contributed by atoms with Crippen LogP contribution in [0.5, 0.6) is 0 Å². The fraction of sp³-hybridized carbons (Fsp3) is 0.200. The van der Waals surface area contributed by atoms with Crippen LogP contribution in [0, 0.1) is 23.3 Å². The third-order valence-corrected chi connectivity index (χ3v) is 1.75. The molecule has 1 N–H and O–H groups in total. The highest BCUT2D eigenvalue weighted by molar-refractivity contribution is 5.51. The van der Waals surface area contributed by atoms with E-state index < -0.39 is 28.8 Å². The Balaban J connectivity index is 3.15. The minimum absolute atomic E-state index is 0.181. The Labute approximate surface area is 84.4 Å². The lowest BCUT2D eigenvalue weighted by atomic mass is 10.1. The molecule has 5 heteroatoms. The maximum atomic E-state index is 13.0. The average molecular weight is 219 g/mol. The molecule has 0 aliphatic carbocycles. The van der Waals surface area contributed by atoms with Crippen LogP contribution in [0.3, 0.4) is 0 Å².